The summed E-state index contributed by atoms with van der Waals surface area (Å²) in [6.45, 7) is 63.4. The number of rotatable bonds is 3. The van der Waals surface area contributed by atoms with Gasteiger partial charge in [0.15, 0.2) is 0 Å². The average molecular weight is 1480 g/mol. The van der Waals surface area contributed by atoms with Crippen molar-refractivity contribution in [3.05, 3.63) is 133 Å². The third-order valence-electron chi connectivity index (χ3n) is 2.73. The predicted octanol–water partition coefficient (Wildman–Crippen LogP) is 20.0. The molecule has 4 nitrogen and oxygen atoms in total. The van der Waals surface area contributed by atoms with Crippen LogP contribution in [-0.4, -0.2) is 6.72 Å². The van der Waals surface area contributed by atoms with Gasteiger partial charge < -0.3 is 41.5 Å². The van der Waals surface area contributed by atoms with Gasteiger partial charge in [-0.3, -0.25) is 4.99 Å². The maximum atomic E-state index is 11.7. The Morgan fingerprint density at radius 2 is 0.597 bits per heavy atom. The van der Waals surface area contributed by atoms with Gasteiger partial charge in [0.1, 0.15) is 0 Å². The number of halogens is 6. The van der Waals surface area contributed by atoms with Gasteiger partial charge in [0.05, 0.1) is 5.69 Å². The van der Waals surface area contributed by atoms with E-state index >= 15 is 0 Å². The molecule has 0 atom stereocenters. The van der Waals surface area contributed by atoms with E-state index in [1.807, 2.05) is 78.9 Å². The summed E-state index contributed by atoms with van der Waals surface area (Å²) < 4.78 is 27.9. The molecule has 3 aromatic rings. The van der Waals surface area contributed by atoms with Crippen molar-refractivity contribution in [2.75, 3.05) is 0 Å². The van der Waals surface area contributed by atoms with Crippen molar-refractivity contribution in [3.8, 4) is 0 Å². The summed E-state index contributed by atoms with van der Waals surface area (Å²) in [6, 6.07) is 28.7. The molecule has 3 aromatic carbocycles. The van der Waals surface area contributed by atoms with E-state index in [1.165, 1.54) is 0 Å². The second-order valence-electron chi connectivity index (χ2n) is 19.8. The van der Waals surface area contributed by atoms with Crippen LogP contribution in [0.25, 0.3) is 0 Å². The molecule has 0 aliphatic carbocycles. The zero-order valence-electron chi connectivity index (χ0n) is 41.5. The van der Waals surface area contributed by atoms with E-state index in [1.54, 1.807) is 12.1 Å². The van der Waals surface area contributed by atoms with Gasteiger partial charge in [-0.25, -0.2) is 0 Å². The molecule has 0 aliphatic heterocycles. The fraction of sp³-hybridized carbons (Fsp3) is 0.490. The van der Waals surface area contributed by atoms with Crippen LogP contribution in [0.4, 0.5) is 20.2 Å². The molecule has 13 heteroatoms. The van der Waals surface area contributed by atoms with Gasteiger partial charge in [0.25, 0.3) is 0 Å². The standard InChI is InChI=1S/C7H7N.2C6H5N.6C5H11.5ClH.FH.O.3W/c1-8-7-5-3-2-4-6-7;2*7-6-4-2-1-3-5-6;6*1-5(2,3)4;;;;;;;;;;/h2-6H,1H2;2*1-5H;6*1H2,2-4H3;6*1H;;;;/q;;;6*-1;;;;;;;;;2*+1/p-2. The molecule has 0 unspecified atom stereocenters. The summed E-state index contributed by atoms with van der Waals surface area (Å²) >= 11 is -2.42. The Morgan fingerprint density at radius 1 is 0.435 bits per heavy atom. The third-order valence-corrected chi connectivity index (χ3v) is 5.31. The van der Waals surface area contributed by atoms with Crippen molar-refractivity contribution in [1.29, 1.82) is 0 Å². The second-order valence-corrected chi connectivity index (χ2v) is 23.3. The first-order valence-corrected chi connectivity index (χ1v) is 27.2. The van der Waals surface area contributed by atoms with Crippen LogP contribution < -0.4 is 0 Å². The van der Waals surface area contributed by atoms with E-state index in [4.69, 9.17) is 12.8 Å². The van der Waals surface area contributed by atoms with Crippen LogP contribution in [0.1, 0.15) is 125 Å². The van der Waals surface area contributed by atoms with E-state index in [2.05, 4.69) is 185 Å². The molecular formula is C49H87Cl5FN3OW3-6. The first-order valence-electron chi connectivity index (χ1n) is 18.7. The minimum atomic E-state index is -1.86. The molecule has 0 fully saturated rings. The van der Waals surface area contributed by atoms with Gasteiger partial charge in [0.2, 0.25) is 0 Å². The molecule has 370 valence electrons. The minimum absolute atomic E-state index is 0. The van der Waals surface area contributed by atoms with Crippen LogP contribution >= 0.6 is 59.0 Å². The molecule has 0 amide bonds. The van der Waals surface area contributed by atoms with Crippen LogP contribution in [0.5, 0.6) is 0 Å². The van der Waals surface area contributed by atoms with Crippen molar-refractivity contribution >= 4 is 82.8 Å². The second kappa shape index (κ2) is 52.1. The molecule has 0 aliphatic rings. The van der Waals surface area contributed by atoms with Gasteiger partial charge in [-0.15, -0.1) is 49.6 Å². The Balaban J connectivity index is -0.0000000524. The molecule has 0 aromatic heterocycles. The molecule has 0 saturated heterocycles. The molecule has 0 spiro atoms. The van der Waals surface area contributed by atoms with Crippen molar-refractivity contribution in [2.24, 2.45) is 44.5 Å². The van der Waals surface area contributed by atoms with E-state index in [0.717, 1.165) is 17.1 Å². The predicted molar refractivity (Wildman–Crippen MR) is 278 cm³/mol. The van der Waals surface area contributed by atoms with Gasteiger partial charge in [0, 0.05) is 0 Å². The Kier molecular flexibility index (Phi) is 74.7. The van der Waals surface area contributed by atoms with E-state index < -0.39 is 36.2 Å². The summed E-state index contributed by atoms with van der Waals surface area (Å²) in [5.41, 5.74) is 4.20. The number of para-hydroxylation sites is 1. The third kappa shape index (κ3) is 204. The van der Waals surface area contributed by atoms with Crippen molar-refractivity contribution in [1.82, 2.24) is 0 Å². The zero-order valence-corrected chi connectivity index (χ0v) is 54.3. The number of hydrogen-bond acceptors (Lipinski definition) is 4. The Labute approximate surface area is 442 Å². The topological polar surface area (TPSA) is 54.1 Å². The Bertz CT molecular complexity index is 1170. The Morgan fingerprint density at radius 3 is 0.726 bits per heavy atom. The molecule has 0 saturated carbocycles. The van der Waals surface area contributed by atoms with Gasteiger partial charge in [-0.05, 0) is 18.9 Å². The number of aliphatic imine (C=N–C) groups is 1. The fourth-order valence-corrected chi connectivity index (χ4v) is 3.69. The summed E-state index contributed by atoms with van der Waals surface area (Å²) in [5, 5.41) is 0. The monoisotopic (exact) mass is 1480 g/mol. The fourth-order valence-electron chi connectivity index (χ4n) is 1.59. The van der Waals surface area contributed by atoms with Crippen LogP contribution in [0, 0.1) is 74.0 Å². The van der Waals surface area contributed by atoms with Crippen LogP contribution in [-0.2, 0) is 59.4 Å². The van der Waals surface area contributed by atoms with Gasteiger partial charge >= 0.3 is 151 Å². The molecule has 0 bridgehead atoms. The number of nitrogens with zero attached hydrogens (tertiary/aromatic N) is 3. The van der Waals surface area contributed by atoms with Gasteiger partial charge in [-0.1, -0.05) is 143 Å². The van der Waals surface area contributed by atoms with Gasteiger partial charge in [-0.2, -0.15) is 32.5 Å². The number of hydrogen-bond donors (Lipinski definition) is 0. The number of benzene rings is 3. The molecule has 0 radical (unpaired) electrons. The molecular weight excluding hydrogens is 1390 g/mol. The molecule has 0 heterocycles. The Hall–Kier alpha value is 0.175. The first-order chi connectivity index (χ1) is 25.8. The molecule has 0 N–H and O–H groups in total. The van der Waals surface area contributed by atoms with Crippen LogP contribution in [0.15, 0.2) is 103 Å². The van der Waals surface area contributed by atoms with Crippen LogP contribution in [0.3, 0.4) is 0 Å². The molecule has 62 heavy (non-hydrogen) atoms. The summed E-state index contributed by atoms with van der Waals surface area (Å²) in [5.74, 6) is 0. The van der Waals surface area contributed by atoms with Crippen molar-refractivity contribution < 1.29 is 62.6 Å². The SMILES string of the molecule is C=Nc1ccccc1.Cl.Cl.Cl.Cl.[CH2-]C(C)(C)C.[CH2-]C(C)(C)C.[CH2-]C(C)(C)C.[CH2-]C(C)(C)C.[CH2-]C(C)(C)C.[CH2-]C(C)(C)C.[Cl][W]=[N]c1ccccc1.[F][W]=[N]c1ccccc1.[O]=[W]. The van der Waals surface area contributed by atoms with Crippen molar-refractivity contribution in [2.45, 2.75) is 125 Å². The quantitative estimate of drug-likeness (QED) is 0.190. The van der Waals surface area contributed by atoms with E-state index in [0.29, 0.717) is 19.8 Å². The first kappa shape index (κ1) is 88.8. The molecule has 3 rings (SSSR count). The summed E-state index contributed by atoms with van der Waals surface area (Å²) in [7, 11) is 5.54. The summed E-state index contributed by atoms with van der Waals surface area (Å²) in [6.07, 6.45) is 0. The van der Waals surface area contributed by atoms with Crippen LogP contribution in [0.2, 0.25) is 0 Å². The van der Waals surface area contributed by atoms with Crippen molar-refractivity contribution in [3.63, 3.8) is 0 Å². The van der Waals surface area contributed by atoms with E-state index in [9.17, 15) is 3.16 Å². The normalized spacial score (nSPS) is 9.97. The summed E-state index contributed by atoms with van der Waals surface area (Å²) in [4.78, 5) is 3.72. The maximum absolute atomic E-state index is 11.7. The van der Waals surface area contributed by atoms with E-state index in [-0.39, 0.29) is 82.1 Å². The average Bonchev–Trinajstić information content (AvgIpc) is 3.00. The zero-order chi connectivity index (χ0) is 47.9.